The molecule has 0 saturated heterocycles. The number of benzene rings is 2. The second-order valence-corrected chi connectivity index (χ2v) is 5.41. The molecular formula is C22H22O4. The molecule has 0 aliphatic carbocycles. The third-order valence-electron chi connectivity index (χ3n) is 3.08. The fourth-order valence-corrected chi connectivity index (χ4v) is 1.65. The van der Waals surface area contributed by atoms with Crippen molar-refractivity contribution < 1.29 is 19.4 Å². The van der Waals surface area contributed by atoms with Crippen LogP contribution in [0, 0.1) is 0 Å². The highest BCUT2D eigenvalue weighted by Crippen LogP contribution is 2.12. The maximum atomic E-state index is 11.8. The lowest BCUT2D eigenvalue weighted by Gasteiger charge is -2.04. The van der Waals surface area contributed by atoms with Gasteiger partial charge in [0.05, 0.1) is 0 Å². The first kappa shape index (κ1) is 20.6. The van der Waals surface area contributed by atoms with E-state index in [1.54, 1.807) is 12.1 Å². The Balaban J connectivity index is 0.000000487. The van der Waals surface area contributed by atoms with Gasteiger partial charge in [0.25, 0.3) is 0 Å². The average molecular weight is 350 g/mol. The van der Waals surface area contributed by atoms with Gasteiger partial charge in [-0.05, 0) is 31.0 Å². The van der Waals surface area contributed by atoms with E-state index in [-0.39, 0.29) is 5.57 Å². The standard InChI is InChI=1S/C18H16O2.C4H6O2/c1-15(9-8-12-16-10-4-2-5-11-16)18(19)20-17-13-6-3-7-14-17;1-3(2)4(5)6/h2-8,10-14H,1,9H2;1H2,2H3,(H,5,6). The molecule has 134 valence electrons. The van der Waals surface area contributed by atoms with Gasteiger partial charge in [-0.2, -0.15) is 0 Å². The molecule has 2 aromatic carbocycles. The van der Waals surface area contributed by atoms with E-state index in [0.717, 1.165) is 5.56 Å². The molecule has 0 atom stereocenters. The molecule has 0 fully saturated rings. The highest BCUT2D eigenvalue weighted by Gasteiger charge is 2.07. The zero-order chi connectivity index (χ0) is 19.4. The SMILES string of the molecule is C=C(C)C(=O)O.C=C(CC=Cc1ccccc1)C(=O)Oc1ccccc1. The number of ether oxygens (including phenoxy) is 1. The number of hydrogen-bond acceptors (Lipinski definition) is 3. The molecule has 0 aliphatic heterocycles. The summed E-state index contributed by atoms with van der Waals surface area (Å²) in [4.78, 5) is 21.4. The van der Waals surface area contributed by atoms with Gasteiger partial charge >= 0.3 is 11.9 Å². The van der Waals surface area contributed by atoms with Crippen LogP contribution in [0.1, 0.15) is 18.9 Å². The van der Waals surface area contributed by atoms with Crippen LogP contribution in [0.25, 0.3) is 6.08 Å². The molecule has 0 unspecified atom stereocenters. The van der Waals surface area contributed by atoms with Gasteiger partial charge in [0.1, 0.15) is 5.75 Å². The van der Waals surface area contributed by atoms with Crippen molar-refractivity contribution in [2.24, 2.45) is 0 Å². The van der Waals surface area contributed by atoms with Crippen molar-refractivity contribution in [3.8, 4) is 5.75 Å². The molecule has 0 aliphatic rings. The maximum absolute atomic E-state index is 11.8. The van der Waals surface area contributed by atoms with Gasteiger partial charge in [-0.3, -0.25) is 0 Å². The van der Waals surface area contributed by atoms with E-state index in [2.05, 4.69) is 13.2 Å². The highest BCUT2D eigenvalue weighted by atomic mass is 16.5. The van der Waals surface area contributed by atoms with E-state index in [4.69, 9.17) is 9.84 Å². The fraction of sp³-hybridized carbons (Fsp3) is 0.0909. The molecule has 2 rings (SSSR count). The summed E-state index contributed by atoms with van der Waals surface area (Å²) >= 11 is 0. The first-order chi connectivity index (χ1) is 12.4. The van der Waals surface area contributed by atoms with Crippen molar-refractivity contribution in [1.82, 2.24) is 0 Å². The third kappa shape index (κ3) is 8.45. The summed E-state index contributed by atoms with van der Waals surface area (Å²) in [5, 5.41) is 7.89. The third-order valence-corrected chi connectivity index (χ3v) is 3.08. The topological polar surface area (TPSA) is 63.6 Å². The number of carbonyl (C=O) groups is 2. The first-order valence-corrected chi connectivity index (χ1v) is 7.95. The van der Waals surface area contributed by atoms with E-state index >= 15 is 0 Å². The van der Waals surface area contributed by atoms with Gasteiger partial charge in [0.15, 0.2) is 0 Å². The van der Waals surface area contributed by atoms with Crippen LogP contribution in [0.3, 0.4) is 0 Å². The van der Waals surface area contributed by atoms with E-state index in [1.807, 2.05) is 60.7 Å². The van der Waals surface area contributed by atoms with E-state index < -0.39 is 11.9 Å². The molecule has 4 nitrogen and oxygen atoms in total. The van der Waals surface area contributed by atoms with Crippen LogP contribution < -0.4 is 4.74 Å². The van der Waals surface area contributed by atoms with Gasteiger partial charge < -0.3 is 9.84 Å². The lowest BCUT2D eigenvalue weighted by molar-refractivity contribution is -0.132. The molecule has 0 saturated carbocycles. The Labute approximate surface area is 153 Å². The predicted molar refractivity (Wildman–Crippen MR) is 104 cm³/mol. The largest absolute Gasteiger partial charge is 0.478 e. The second kappa shape index (κ2) is 11.2. The summed E-state index contributed by atoms with van der Waals surface area (Å²) in [7, 11) is 0. The minimum Gasteiger partial charge on any atom is -0.478 e. The minimum atomic E-state index is -0.935. The van der Waals surface area contributed by atoms with Crippen LogP contribution in [0.2, 0.25) is 0 Å². The minimum absolute atomic E-state index is 0.176. The van der Waals surface area contributed by atoms with Crippen molar-refractivity contribution in [1.29, 1.82) is 0 Å². The quantitative estimate of drug-likeness (QED) is 0.457. The Morgan fingerprint density at radius 1 is 1.00 bits per heavy atom. The molecule has 0 spiro atoms. The van der Waals surface area contributed by atoms with E-state index in [0.29, 0.717) is 17.7 Å². The molecule has 2 aromatic rings. The van der Waals surface area contributed by atoms with Crippen LogP contribution in [0.5, 0.6) is 5.75 Å². The Hall–Kier alpha value is -3.40. The monoisotopic (exact) mass is 350 g/mol. The van der Waals surface area contributed by atoms with Gasteiger partial charge in [-0.25, -0.2) is 9.59 Å². The first-order valence-electron chi connectivity index (χ1n) is 7.95. The summed E-state index contributed by atoms with van der Waals surface area (Å²) in [6.07, 6.45) is 4.34. The molecule has 0 aromatic heterocycles. The van der Waals surface area contributed by atoms with Crippen molar-refractivity contribution >= 4 is 18.0 Å². The second-order valence-electron chi connectivity index (χ2n) is 5.41. The van der Waals surface area contributed by atoms with Gasteiger partial charge in [0, 0.05) is 11.1 Å². The summed E-state index contributed by atoms with van der Waals surface area (Å²) in [5.41, 5.74) is 1.70. The van der Waals surface area contributed by atoms with Crippen LogP contribution in [0.15, 0.2) is 91.0 Å². The summed E-state index contributed by atoms with van der Waals surface area (Å²) in [5.74, 6) is -0.797. The zero-order valence-corrected chi connectivity index (χ0v) is 14.7. The van der Waals surface area contributed by atoms with Gasteiger partial charge in [-0.15, -0.1) is 0 Å². The smallest absolute Gasteiger partial charge is 0.339 e. The lowest BCUT2D eigenvalue weighted by atomic mass is 10.1. The van der Waals surface area contributed by atoms with Crippen LogP contribution >= 0.6 is 0 Å². The molecule has 0 heterocycles. The Bertz CT molecular complexity index is 762. The summed E-state index contributed by atoms with van der Waals surface area (Å²) in [6.45, 7) is 8.36. The number of allylic oxidation sites excluding steroid dienone is 1. The lowest BCUT2D eigenvalue weighted by Crippen LogP contribution is -2.09. The number of carboxylic acids is 1. The number of para-hydroxylation sites is 1. The van der Waals surface area contributed by atoms with Crippen molar-refractivity contribution in [2.45, 2.75) is 13.3 Å². The molecule has 26 heavy (non-hydrogen) atoms. The normalized spacial score (nSPS) is 9.73. The van der Waals surface area contributed by atoms with E-state index in [9.17, 15) is 9.59 Å². The van der Waals surface area contributed by atoms with Crippen LogP contribution in [0.4, 0.5) is 0 Å². The molecule has 1 N–H and O–H groups in total. The summed E-state index contributed by atoms with van der Waals surface area (Å²) < 4.78 is 5.21. The number of aliphatic carboxylic acids is 1. The number of esters is 1. The number of carboxylic acid groups (broad SMARTS) is 1. The van der Waals surface area contributed by atoms with Crippen LogP contribution in [-0.4, -0.2) is 17.0 Å². The fourth-order valence-electron chi connectivity index (χ4n) is 1.65. The van der Waals surface area contributed by atoms with Gasteiger partial charge in [0.2, 0.25) is 0 Å². The average Bonchev–Trinajstić information content (AvgIpc) is 2.63. The number of carbonyl (C=O) groups excluding carboxylic acids is 1. The molecule has 0 amide bonds. The number of hydrogen-bond donors (Lipinski definition) is 1. The zero-order valence-electron chi connectivity index (χ0n) is 14.7. The molecular weight excluding hydrogens is 328 g/mol. The molecule has 0 bridgehead atoms. The summed E-state index contributed by atoms with van der Waals surface area (Å²) in [6, 6.07) is 18.9. The Morgan fingerprint density at radius 2 is 1.50 bits per heavy atom. The predicted octanol–water partition coefficient (Wildman–Crippen LogP) is 4.90. The van der Waals surface area contributed by atoms with Gasteiger partial charge in [-0.1, -0.05) is 73.8 Å². The van der Waals surface area contributed by atoms with E-state index in [1.165, 1.54) is 6.92 Å². The van der Waals surface area contributed by atoms with Crippen molar-refractivity contribution in [3.05, 3.63) is 96.6 Å². The Morgan fingerprint density at radius 3 is 2.00 bits per heavy atom. The maximum Gasteiger partial charge on any atom is 0.339 e. The Kier molecular flexibility index (Phi) is 8.90. The molecule has 4 heteroatoms. The van der Waals surface area contributed by atoms with Crippen molar-refractivity contribution in [2.75, 3.05) is 0 Å². The highest BCUT2D eigenvalue weighted by molar-refractivity contribution is 5.89. The van der Waals surface area contributed by atoms with Crippen molar-refractivity contribution in [3.63, 3.8) is 0 Å². The number of rotatable bonds is 6. The molecule has 0 radical (unpaired) electrons. The van der Waals surface area contributed by atoms with Crippen LogP contribution in [-0.2, 0) is 9.59 Å².